The van der Waals surface area contributed by atoms with Crippen LogP contribution in [-0.4, -0.2) is 36.2 Å². The third-order valence-corrected chi connectivity index (χ3v) is 4.12. The summed E-state index contributed by atoms with van der Waals surface area (Å²) >= 11 is 0. The normalized spacial score (nSPS) is 15.9. The third-order valence-electron chi connectivity index (χ3n) is 4.12. The summed E-state index contributed by atoms with van der Waals surface area (Å²) in [5, 5.41) is 12.0. The SMILES string of the molecule is COc1ccc(OCCCC(=O)NC2(C(=O)O)CCCC2)cc1. The second-order valence-electron chi connectivity index (χ2n) is 5.77. The average molecular weight is 321 g/mol. The summed E-state index contributed by atoms with van der Waals surface area (Å²) in [5.74, 6) is 0.307. The van der Waals surface area contributed by atoms with Crippen molar-refractivity contribution in [3.8, 4) is 11.5 Å². The molecule has 0 aromatic heterocycles. The molecule has 6 heteroatoms. The number of carboxylic acid groups (broad SMARTS) is 1. The van der Waals surface area contributed by atoms with Crippen LogP contribution in [0.4, 0.5) is 0 Å². The Hall–Kier alpha value is -2.24. The van der Waals surface area contributed by atoms with Gasteiger partial charge >= 0.3 is 5.97 Å². The molecule has 0 radical (unpaired) electrons. The highest BCUT2D eigenvalue weighted by Gasteiger charge is 2.42. The van der Waals surface area contributed by atoms with Crippen LogP contribution in [0.5, 0.6) is 11.5 Å². The van der Waals surface area contributed by atoms with Crippen molar-refractivity contribution < 1.29 is 24.2 Å². The van der Waals surface area contributed by atoms with Gasteiger partial charge in [-0.1, -0.05) is 12.8 Å². The first-order valence-electron chi connectivity index (χ1n) is 7.87. The molecular weight excluding hydrogens is 298 g/mol. The van der Waals surface area contributed by atoms with Crippen molar-refractivity contribution in [2.75, 3.05) is 13.7 Å². The van der Waals surface area contributed by atoms with E-state index in [9.17, 15) is 14.7 Å². The molecule has 0 saturated heterocycles. The lowest BCUT2D eigenvalue weighted by molar-refractivity contribution is -0.147. The van der Waals surface area contributed by atoms with Crippen molar-refractivity contribution in [1.82, 2.24) is 5.32 Å². The monoisotopic (exact) mass is 321 g/mol. The minimum absolute atomic E-state index is 0.229. The molecule has 1 amide bonds. The van der Waals surface area contributed by atoms with Gasteiger partial charge in [-0.05, 0) is 43.5 Å². The van der Waals surface area contributed by atoms with Crippen LogP contribution >= 0.6 is 0 Å². The zero-order chi connectivity index (χ0) is 16.7. The largest absolute Gasteiger partial charge is 0.497 e. The molecule has 0 bridgehead atoms. The van der Waals surface area contributed by atoms with Crippen LogP contribution in [0.25, 0.3) is 0 Å². The smallest absolute Gasteiger partial charge is 0.329 e. The lowest BCUT2D eigenvalue weighted by atomic mass is 9.97. The number of hydrogen-bond donors (Lipinski definition) is 2. The standard InChI is InChI=1S/C17H23NO5/c1-22-13-6-8-14(9-7-13)23-12-4-5-15(19)18-17(16(20)21)10-2-3-11-17/h6-9H,2-5,10-12H2,1H3,(H,18,19)(H,20,21). The summed E-state index contributed by atoms with van der Waals surface area (Å²) in [6.45, 7) is 0.403. The Kier molecular flexibility index (Phi) is 5.84. The van der Waals surface area contributed by atoms with Crippen LogP contribution in [0.2, 0.25) is 0 Å². The molecule has 0 spiro atoms. The summed E-state index contributed by atoms with van der Waals surface area (Å²) in [4.78, 5) is 23.3. The fourth-order valence-electron chi connectivity index (χ4n) is 2.79. The predicted molar refractivity (Wildman–Crippen MR) is 84.7 cm³/mol. The molecular formula is C17H23NO5. The Morgan fingerprint density at radius 2 is 1.78 bits per heavy atom. The predicted octanol–water partition coefficient (Wildman–Crippen LogP) is 2.37. The number of methoxy groups -OCH3 is 1. The van der Waals surface area contributed by atoms with Crippen molar-refractivity contribution in [2.24, 2.45) is 0 Å². The van der Waals surface area contributed by atoms with E-state index in [1.165, 1.54) is 0 Å². The summed E-state index contributed by atoms with van der Waals surface area (Å²) in [7, 11) is 1.60. The topological polar surface area (TPSA) is 84.9 Å². The maximum absolute atomic E-state index is 12.0. The lowest BCUT2D eigenvalue weighted by Gasteiger charge is -2.25. The zero-order valence-electron chi connectivity index (χ0n) is 13.3. The minimum Gasteiger partial charge on any atom is -0.497 e. The molecule has 23 heavy (non-hydrogen) atoms. The highest BCUT2D eigenvalue weighted by atomic mass is 16.5. The van der Waals surface area contributed by atoms with Crippen LogP contribution < -0.4 is 14.8 Å². The molecule has 1 aromatic carbocycles. The molecule has 1 fully saturated rings. The number of carboxylic acids is 1. The van der Waals surface area contributed by atoms with Crippen LogP contribution in [0.3, 0.4) is 0 Å². The van der Waals surface area contributed by atoms with E-state index in [1.807, 2.05) is 0 Å². The molecule has 0 atom stereocenters. The molecule has 2 N–H and O–H groups in total. The Bertz CT molecular complexity index is 534. The fourth-order valence-corrected chi connectivity index (χ4v) is 2.79. The second kappa shape index (κ2) is 7.85. The number of amides is 1. The van der Waals surface area contributed by atoms with E-state index in [0.29, 0.717) is 31.6 Å². The number of hydrogen-bond acceptors (Lipinski definition) is 4. The first-order valence-corrected chi connectivity index (χ1v) is 7.87. The van der Waals surface area contributed by atoms with Gasteiger partial charge < -0.3 is 19.9 Å². The number of carbonyl (C=O) groups is 2. The average Bonchev–Trinajstić information content (AvgIpc) is 3.02. The van der Waals surface area contributed by atoms with E-state index in [4.69, 9.17) is 9.47 Å². The minimum atomic E-state index is -1.06. The van der Waals surface area contributed by atoms with Gasteiger partial charge in [0.1, 0.15) is 17.0 Å². The first kappa shape index (κ1) is 17.1. The summed E-state index contributed by atoms with van der Waals surface area (Å²) in [5.41, 5.74) is -1.06. The second-order valence-corrected chi connectivity index (χ2v) is 5.77. The van der Waals surface area contributed by atoms with Crippen LogP contribution in [0.15, 0.2) is 24.3 Å². The van der Waals surface area contributed by atoms with Crippen molar-refractivity contribution in [3.63, 3.8) is 0 Å². The van der Waals surface area contributed by atoms with Crippen LogP contribution in [-0.2, 0) is 9.59 Å². The Labute approximate surface area is 135 Å². The number of ether oxygens (including phenoxy) is 2. The number of nitrogens with one attached hydrogen (secondary N) is 1. The Balaban J connectivity index is 1.71. The molecule has 6 nitrogen and oxygen atoms in total. The molecule has 126 valence electrons. The molecule has 1 aliphatic carbocycles. The fraction of sp³-hybridized carbons (Fsp3) is 0.529. The van der Waals surface area contributed by atoms with Gasteiger partial charge in [-0.2, -0.15) is 0 Å². The lowest BCUT2D eigenvalue weighted by Crippen LogP contribution is -2.52. The zero-order valence-corrected chi connectivity index (χ0v) is 13.3. The maximum atomic E-state index is 12.0. The first-order chi connectivity index (χ1) is 11.1. The molecule has 1 saturated carbocycles. The quantitative estimate of drug-likeness (QED) is 0.718. The highest BCUT2D eigenvalue weighted by molar-refractivity contribution is 5.87. The van der Waals surface area contributed by atoms with Gasteiger partial charge in [0.25, 0.3) is 0 Å². The van der Waals surface area contributed by atoms with Gasteiger partial charge in [-0.25, -0.2) is 4.79 Å². The molecule has 1 aliphatic rings. The number of aliphatic carboxylic acids is 1. The molecule has 1 aromatic rings. The van der Waals surface area contributed by atoms with E-state index in [1.54, 1.807) is 31.4 Å². The van der Waals surface area contributed by atoms with E-state index < -0.39 is 11.5 Å². The van der Waals surface area contributed by atoms with E-state index in [2.05, 4.69) is 5.32 Å². The van der Waals surface area contributed by atoms with Gasteiger partial charge in [0.15, 0.2) is 0 Å². The number of rotatable bonds is 8. The van der Waals surface area contributed by atoms with Gasteiger partial charge in [-0.15, -0.1) is 0 Å². The van der Waals surface area contributed by atoms with Gasteiger partial charge in [0.05, 0.1) is 13.7 Å². The van der Waals surface area contributed by atoms with Gasteiger partial charge in [-0.3, -0.25) is 4.79 Å². The van der Waals surface area contributed by atoms with Crippen molar-refractivity contribution in [3.05, 3.63) is 24.3 Å². The number of carbonyl (C=O) groups excluding carboxylic acids is 1. The van der Waals surface area contributed by atoms with Crippen LogP contribution in [0.1, 0.15) is 38.5 Å². The van der Waals surface area contributed by atoms with Crippen molar-refractivity contribution in [1.29, 1.82) is 0 Å². The van der Waals surface area contributed by atoms with Gasteiger partial charge in [0, 0.05) is 6.42 Å². The summed E-state index contributed by atoms with van der Waals surface area (Å²) in [6, 6.07) is 7.21. The maximum Gasteiger partial charge on any atom is 0.329 e. The highest BCUT2D eigenvalue weighted by Crippen LogP contribution is 2.30. The molecule has 0 aliphatic heterocycles. The van der Waals surface area contributed by atoms with Crippen molar-refractivity contribution in [2.45, 2.75) is 44.1 Å². The van der Waals surface area contributed by atoms with Gasteiger partial charge in [0.2, 0.25) is 5.91 Å². The Morgan fingerprint density at radius 1 is 1.17 bits per heavy atom. The van der Waals surface area contributed by atoms with Crippen LogP contribution in [0, 0.1) is 0 Å². The molecule has 0 heterocycles. The van der Waals surface area contributed by atoms with Crippen molar-refractivity contribution >= 4 is 11.9 Å². The van der Waals surface area contributed by atoms with E-state index >= 15 is 0 Å². The summed E-state index contributed by atoms with van der Waals surface area (Å²) in [6.07, 6.45) is 3.49. The molecule has 0 unspecified atom stereocenters. The summed E-state index contributed by atoms with van der Waals surface area (Å²) < 4.78 is 10.6. The Morgan fingerprint density at radius 3 is 2.35 bits per heavy atom. The number of benzene rings is 1. The molecule has 2 rings (SSSR count). The third kappa shape index (κ3) is 4.61. The van der Waals surface area contributed by atoms with E-state index in [0.717, 1.165) is 18.6 Å². The van der Waals surface area contributed by atoms with E-state index in [-0.39, 0.29) is 12.3 Å².